The van der Waals surface area contributed by atoms with Crippen LogP contribution in [0.1, 0.15) is 13.3 Å². The molecule has 0 saturated carbocycles. The van der Waals surface area contributed by atoms with Crippen LogP contribution in [0.15, 0.2) is 0 Å². The van der Waals surface area contributed by atoms with E-state index in [0.717, 1.165) is 25.7 Å². The Labute approximate surface area is 89.7 Å². The Bertz CT molecular complexity index is 166. The lowest BCUT2D eigenvalue weighted by molar-refractivity contribution is 0.227. The molecule has 0 amide bonds. The van der Waals surface area contributed by atoms with E-state index in [2.05, 4.69) is 26.6 Å². The lowest BCUT2D eigenvalue weighted by Crippen LogP contribution is -2.37. The number of rotatable bonds is 7. The zero-order valence-corrected chi connectivity index (χ0v) is 11.9. The molecule has 0 aromatic heterocycles. The van der Waals surface area contributed by atoms with Gasteiger partial charge in [-0.15, -0.1) is 0 Å². The first-order valence-electron chi connectivity index (χ1n) is 5.42. The Morgan fingerprint density at radius 3 is 2.50 bits per heavy atom. The molecule has 0 spiro atoms. The van der Waals surface area contributed by atoms with Gasteiger partial charge in [-0.25, -0.2) is 0 Å². The predicted molar refractivity (Wildman–Crippen MR) is 62.4 cm³/mol. The molecule has 0 aliphatic carbocycles. The van der Waals surface area contributed by atoms with Crippen molar-refractivity contribution in [3.05, 3.63) is 0 Å². The number of hydrogen-bond acceptors (Lipinski definition) is 3. The van der Waals surface area contributed by atoms with Crippen LogP contribution in [-0.2, 0) is 13.3 Å². The molecule has 1 fully saturated rings. The monoisotopic (exact) mass is 234 g/mol. The molecule has 1 saturated heterocycles. The predicted octanol–water partition coefficient (Wildman–Crippen LogP) is 1.88. The van der Waals surface area contributed by atoms with E-state index in [1.54, 1.807) is 0 Å². The van der Waals surface area contributed by atoms with E-state index in [-0.39, 0.29) is 0 Å². The highest BCUT2D eigenvalue weighted by molar-refractivity contribution is 6.76. The largest absolute Gasteiger partial charge is 0.438 e. The van der Waals surface area contributed by atoms with Crippen LogP contribution in [0.4, 0.5) is 0 Å². The summed E-state index contributed by atoms with van der Waals surface area (Å²) >= 11 is 0. The SMILES string of the molecule is CCC[SiH](OCC1CO1)O[Si](C)(C)C. The molecule has 1 aliphatic rings. The number of ether oxygens (including phenoxy) is 1. The lowest BCUT2D eigenvalue weighted by Gasteiger charge is -2.24. The van der Waals surface area contributed by atoms with Crippen LogP contribution in [-0.4, -0.2) is 36.9 Å². The van der Waals surface area contributed by atoms with Gasteiger partial charge in [0.1, 0.15) is 6.10 Å². The Hall–Kier alpha value is 0.314. The summed E-state index contributed by atoms with van der Waals surface area (Å²) in [5.41, 5.74) is 0. The minimum atomic E-state index is -1.41. The first-order valence-corrected chi connectivity index (χ1v) is 10.6. The van der Waals surface area contributed by atoms with Gasteiger partial charge in [0, 0.05) is 0 Å². The van der Waals surface area contributed by atoms with Gasteiger partial charge in [-0.3, -0.25) is 0 Å². The molecule has 1 rings (SSSR count). The smallest absolute Gasteiger partial charge is 0.311 e. The summed E-state index contributed by atoms with van der Waals surface area (Å²) in [6, 6.07) is 1.12. The summed E-state index contributed by atoms with van der Waals surface area (Å²) in [4.78, 5) is 0. The van der Waals surface area contributed by atoms with Gasteiger partial charge in [0.2, 0.25) is 0 Å². The van der Waals surface area contributed by atoms with Crippen LogP contribution in [0.2, 0.25) is 25.7 Å². The average molecular weight is 234 g/mol. The fourth-order valence-corrected chi connectivity index (χ4v) is 6.15. The van der Waals surface area contributed by atoms with Crippen molar-refractivity contribution in [3.8, 4) is 0 Å². The second-order valence-electron chi connectivity index (χ2n) is 4.74. The van der Waals surface area contributed by atoms with E-state index in [1.165, 1.54) is 0 Å². The van der Waals surface area contributed by atoms with Crippen molar-refractivity contribution < 1.29 is 13.3 Å². The van der Waals surface area contributed by atoms with Gasteiger partial charge in [0.25, 0.3) is 0 Å². The minimum absolute atomic E-state index is 0.368. The first-order chi connectivity index (χ1) is 6.51. The molecular formula is C9H22O3Si2. The maximum atomic E-state index is 6.06. The first kappa shape index (κ1) is 12.4. The van der Waals surface area contributed by atoms with Gasteiger partial charge in [0.05, 0.1) is 13.2 Å². The van der Waals surface area contributed by atoms with Gasteiger partial charge < -0.3 is 13.3 Å². The molecule has 0 N–H and O–H groups in total. The Balaban J connectivity index is 2.21. The molecule has 0 aromatic rings. The average Bonchev–Trinajstić information content (AvgIpc) is 2.80. The number of hydrogen-bond donors (Lipinski definition) is 0. The third kappa shape index (κ3) is 5.92. The van der Waals surface area contributed by atoms with Crippen molar-refractivity contribution in [1.29, 1.82) is 0 Å². The summed E-state index contributed by atoms with van der Waals surface area (Å²) in [7, 11) is -2.81. The molecule has 3 nitrogen and oxygen atoms in total. The highest BCUT2D eigenvalue weighted by atomic mass is 28.4. The van der Waals surface area contributed by atoms with Crippen LogP contribution in [0.3, 0.4) is 0 Å². The van der Waals surface area contributed by atoms with Crippen LogP contribution in [0.25, 0.3) is 0 Å². The maximum absolute atomic E-state index is 6.06. The Kier molecular flexibility index (Phi) is 4.79. The molecule has 0 radical (unpaired) electrons. The van der Waals surface area contributed by atoms with Crippen molar-refractivity contribution in [3.63, 3.8) is 0 Å². The summed E-state index contributed by atoms with van der Waals surface area (Å²) in [5, 5.41) is 0. The highest BCUT2D eigenvalue weighted by Crippen LogP contribution is 2.14. The van der Waals surface area contributed by atoms with Crippen molar-refractivity contribution >= 4 is 17.6 Å². The van der Waals surface area contributed by atoms with E-state index in [9.17, 15) is 0 Å². The van der Waals surface area contributed by atoms with E-state index < -0.39 is 17.6 Å². The Morgan fingerprint density at radius 2 is 2.07 bits per heavy atom. The fourth-order valence-electron chi connectivity index (χ4n) is 1.19. The van der Waals surface area contributed by atoms with E-state index >= 15 is 0 Å². The molecular weight excluding hydrogens is 212 g/mol. The topological polar surface area (TPSA) is 31.0 Å². The van der Waals surface area contributed by atoms with E-state index in [4.69, 9.17) is 13.3 Å². The van der Waals surface area contributed by atoms with Gasteiger partial charge in [-0.2, -0.15) is 0 Å². The van der Waals surface area contributed by atoms with Crippen molar-refractivity contribution in [2.45, 2.75) is 45.1 Å². The third-order valence-electron chi connectivity index (χ3n) is 1.88. The van der Waals surface area contributed by atoms with Gasteiger partial charge >= 0.3 is 9.28 Å². The van der Waals surface area contributed by atoms with Crippen LogP contribution in [0, 0.1) is 0 Å². The van der Waals surface area contributed by atoms with Crippen LogP contribution >= 0.6 is 0 Å². The molecule has 0 bridgehead atoms. The van der Waals surface area contributed by atoms with Crippen molar-refractivity contribution in [2.24, 2.45) is 0 Å². The summed E-state index contributed by atoms with van der Waals surface area (Å²) < 4.78 is 17.0. The number of epoxide rings is 1. The molecule has 2 unspecified atom stereocenters. The molecule has 5 heteroatoms. The third-order valence-corrected chi connectivity index (χ3v) is 7.37. The molecule has 84 valence electrons. The van der Waals surface area contributed by atoms with Crippen LogP contribution in [0.5, 0.6) is 0 Å². The minimum Gasteiger partial charge on any atom is -0.438 e. The summed E-state index contributed by atoms with van der Waals surface area (Å²) in [6.45, 7) is 10.5. The van der Waals surface area contributed by atoms with Gasteiger partial charge in [-0.1, -0.05) is 13.3 Å². The Morgan fingerprint density at radius 1 is 1.43 bits per heavy atom. The zero-order chi connectivity index (χ0) is 10.6. The maximum Gasteiger partial charge on any atom is 0.311 e. The normalized spacial score (nSPS) is 23.6. The van der Waals surface area contributed by atoms with Gasteiger partial charge in [-0.05, 0) is 25.7 Å². The van der Waals surface area contributed by atoms with Crippen LogP contribution < -0.4 is 0 Å². The van der Waals surface area contributed by atoms with Crippen molar-refractivity contribution in [2.75, 3.05) is 13.2 Å². The van der Waals surface area contributed by atoms with E-state index in [1.807, 2.05) is 0 Å². The molecule has 0 aromatic carbocycles. The lowest BCUT2D eigenvalue weighted by atomic mass is 10.5. The molecule has 14 heavy (non-hydrogen) atoms. The second kappa shape index (κ2) is 5.41. The standard InChI is InChI=1S/C9H22O3Si2/c1-5-6-13(12-14(2,3)4)11-8-9-7-10-9/h9,13H,5-8H2,1-4H3. The molecule has 2 atom stereocenters. The van der Waals surface area contributed by atoms with Gasteiger partial charge in [0.15, 0.2) is 8.32 Å². The molecule has 1 aliphatic heterocycles. The zero-order valence-electron chi connectivity index (χ0n) is 9.71. The fraction of sp³-hybridized carbons (Fsp3) is 1.00. The highest BCUT2D eigenvalue weighted by Gasteiger charge is 2.27. The summed E-state index contributed by atoms with van der Waals surface area (Å²) in [5.74, 6) is 0. The summed E-state index contributed by atoms with van der Waals surface area (Å²) in [6.07, 6.45) is 1.53. The quantitative estimate of drug-likeness (QED) is 0.498. The second-order valence-corrected chi connectivity index (χ2v) is 11.7. The van der Waals surface area contributed by atoms with Crippen molar-refractivity contribution in [1.82, 2.24) is 0 Å². The van der Waals surface area contributed by atoms with E-state index in [0.29, 0.717) is 6.10 Å². The molecule has 1 heterocycles.